The molecule has 3 rings (SSSR count). The van der Waals surface area contributed by atoms with E-state index in [1.165, 1.54) is 11.3 Å². The number of amides is 3. The fraction of sp³-hybridized carbons (Fsp3) is 0.381. The molecule has 8 heteroatoms. The van der Waals surface area contributed by atoms with Crippen LogP contribution in [0.25, 0.3) is 0 Å². The van der Waals surface area contributed by atoms with Crippen LogP contribution in [0.1, 0.15) is 46.6 Å². The zero-order chi connectivity index (χ0) is 20.8. The first-order chi connectivity index (χ1) is 14.0. The summed E-state index contributed by atoms with van der Waals surface area (Å²) in [6.45, 7) is 4.33. The number of rotatable bonds is 7. The number of fused-ring (bicyclic) bond motifs is 1. The first-order valence-electron chi connectivity index (χ1n) is 9.66. The number of alkyl carbamates (subject to hydrolysis) is 1. The van der Waals surface area contributed by atoms with Gasteiger partial charge in [-0.3, -0.25) is 14.9 Å². The Bertz CT molecular complexity index is 905. The van der Waals surface area contributed by atoms with Crippen LogP contribution in [0.4, 0.5) is 9.80 Å². The Balaban J connectivity index is 1.72. The van der Waals surface area contributed by atoms with Crippen LogP contribution in [0.5, 0.6) is 5.75 Å². The smallest absolute Gasteiger partial charge is 0.414 e. The number of imide groups is 1. The topological polar surface area (TPSA) is 93.7 Å². The molecule has 0 fully saturated rings. The van der Waals surface area contributed by atoms with Crippen LogP contribution in [0.3, 0.4) is 0 Å². The molecule has 3 amide bonds. The highest BCUT2D eigenvalue weighted by atomic mass is 32.1. The van der Waals surface area contributed by atoms with E-state index in [9.17, 15) is 14.4 Å². The highest BCUT2D eigenvalue weighted by molar-refractivity contribution is 7.17. The van der Waals surface area contributed by atoms with Crippen molar-refractivity contribution in [2.75, 3.05) is 18.5 Å². The molecule has 154 valence electrons. The Hall–Kier alpha value is -2.87. The van der Waals surface area contributed by atoms with Crippen LogP contribution in [-0.4, -0.2) is 31.1 Å². The second kappa shape index (κ2) is 9.56. The van der Waals surface area contributed by atoms with E-state index in [-0.39, 0.29) is 18.9 Å². The third kappa shape index (κ3) is 5.14. The molecule has 1 aromatic carbocycles. The number of hydrogen-bond acceptors (Lipinski definition) is 6. The van der Waals surface area contributed by atoms with Crippen LogP contribution in [0.15, 0.2) is 24.3 Å². The summed E-state index contributed by atoms with van der Waals surface area (Å²) in [5.41, 5.74) is 2.12. The maximum Gasteiger partial charge on any atom is 0.414 e. The molecule has 2 aromatic rings. The van der Waals surface area contributed by atoms with E-state index in [1.54, 1.807) is 6.92 Å². The van der Waals surface area contributed by atoms with E-state index in [0.717, 1.165) is 41.0 Å². The first kappa shape index (κ1) is 20.9. The van der Waals surface area contributed by atoms with Crippen molar-refractivity contribution in [1.82, 2.24) is 5.32 Å². The summed E-state index contributed by atoms with van der Waals surface area (Å²) in [6, 6.07) is 7.33. The molecule has 1 aromatic heterocycles. The van der Waals surface area contributed by atoms with Crippen molar-refractivity contribution in [3.63, 3.8) is 0 Å². The second-order valence-corrected chi connectivity index (χ2v) is 7.64. The summed E-state index contributed by atoms with van der Waals surface area (Å²) in [7, 11) is 0. The highest BCUT2D eigenvalue weighted by Gasteiger charge is 2.28. The van der Waals surface area contributed by atoms with E-state index in [2.05, 4.69) is 10.6 Å². The number of nitrogens with one attached hydrogen (secondary N) is 2. The average molecular weight is 416 g/mol. The minimum atomic E-state index is -0.790. The third-order valence-electron chi connectivity index (χ3n) is 4.49. The lowest BCUT2D eigenvalue weighted by molar-refractivity contribution is -0.115. The Morgan fingerprint density at radius 1 is 1.07 bits per heavy atom. The molecule has 7 nitrogen and oxygen atoms in total. The molecule has 0 spiro atoms. The van der Waals surface area contributed by atoms with Gasteiger partial charge < -0.3 is 14.8 Å². The van der Waals surface area contributed by atoms with Gasteiger partial charge in [0, 0.05) is 4.88 Å². The molecule has 0 atom stereocenters. The van der Waals surface area contributed by atoms with Crippen molar-refractivity contribution in [2.45, 2.75) is 39.5 Å². The normalized spacial score (nSPS) is 12.2. The van der Waals surface area contributed by atoms with Gasteiger partial charge in [0.25, 0.3) is 5.91 Å². The monoisotopic (exact) mass is 416 g/mol. The van der Waals surface area contributed by atoms with E-state index in [4.69, 9.17) is 9.47 Å². The Morgan fingerprint density at radius 3 is 2.52 bits per heavy atom. The quantitative estimate of drug-likeness (QED) is 0.718. The van der Waals surface area contributed by atoms with E-state index >= 15 is 0 Å². The summed E-state index contributed by atoms with van der Waals surface area (Å²) in [5.74, 6) is -0.0113. The number of ether oxygens (including phenoxy) is 2. The van der Waals surface area contributed by atoms with Crippen LogP contribution in [0, 0.1) is 0 Å². The van der Waals surface area contributed by atoms with Gasteiger partial charge in [0.05, 0.1) is 25.2 Å². The van der Waals surface area contributed by atoms with Gasteiger partial charge in [-0.05, 0) is 56.4 Å². The van der Waals surface area contributed by atoms with Gasteiger partial charge in [-0.25, -0.2) is 4.79 Å². The summed E-state index contributed by atoms with van der Waals surface area (Å²) < 4.78 is 10.2. The predicted octanol–water partition coefficient (Wildman–Crippen LogP) is 3.70. The van der Waals surface area contributed by atoms with Crippen molar-refractivity contribution in [1.29, 1.82) is 0 Å². The predicted molar refractivity (Wildman–Crippen MR) is 111 cm³/mol. The molecule has 0 bridgehead atoms. The largest absolute Gasteiger partial charge is 0.494 e. The van der Waals surface area contributed by atoms with Crippen molar-refractivity contribution in [3.8, 4) is 5.75 Å². The fourth-order valence-electron chi connectivity index (χ4n) is 3.28. The van der Waals surface area contributed by atoms with Crippen LogP contribution < -0.4 is 15.4 Å². The summed E-state index contributed by atoms with van der Waals surface area (Å²) in [5, 5.41) is 5.56. The van der Waals surface area contributed by atoms with Gasteiger partial charge >= 0.3 is 6.09 Å². The zero-order valence-corrected chi connectivity index (χ0v) is 17.3. The molecule has 29 heavy (non-hydrogen) atoms. The molecule has 1 aliphatic rings. The fourth-order valence-corrected chi connectivity index (χ4v) is 4.58. The SMILES string of the molecule is CCOC(=O)NC(=O)c1c(NC(=O)Cc2ccc(OCC)cc2)sc2c1CCC2. The van der Waals surface area contributed by atoms with E-state index in [0.29, 0.717) is 17.2 Å². The van der Waals surface area contributed by atoms with E-state index < -0.39 is 12.0 Å². The summed E-state index contributed by atoms with van der Waals surface area (Å²) >= 11 is 1.40. The number of benzene rings is 1. The number of anilines is 1. The van der Waals surface area contributed by atoms with Gasteiger partial charge in [0.2, 0.25) is 5.91 Å². The second-order valence-electron chi connectivity index (χ2n) is 6.54. The zero-order valence-electron chi connectivity index (χ0n) is 16.5. The number of carbonyl (C=O) groups excluding carboxylic acids is 3. The molecular formula is C21H24N2O5S. The van der Waals surface area contributed by atoms with Crippen LogP contribution in [0.2, 0.25) is 0 Å². The molecule has 0 radical (unpaired) electrons. The Kier molecular flexibility index (Phi) is 6.87. The number of carbonyl (C=O) groups is 3. The summed E-state index contributed by atoms with van der Waals surface area (Å²) in [4.78, 5) is 37.9. The standard InChI is InChI=1S/C21H24N2O5S/c1-3-27-14-10-8-13(9-11-14)12-17(24)22-20-18(15-6-5-7-16(15)29-20)19(25)23-21(26)28-4-2/h8-11H,3-7,12H2,1-2H3,(H,22,24)(H,23,25,26). The maximum absolute atomic E-state index is 12.6. The van der Waals surface area contributed by atoms with Crippen molar-refractivity contribution in [3.05, 3.63) is 45.8 Å². The van der Waals surface area contributed by atoms with Gasteiger partial charge in [-0.2, -0.15) is 0 Å². The van der Waals surface area contributed by atoms with Gasteiger partial charge in [0.1, 0.15) is 10.8 Å². The molecule has 0 aliphatic heterocycles. The average Bonchev–Trinajstić information content (AvgIpc) is 3.24. The molecule has 0 unspecified atom stereocenters. The van der Waals surface area contributed by atoms with E-state index in [1.807, 2.05) is 31.2 Å². The molecule has 1 aliphatic carbocycles. The first-order valence-corrected chi connectivity index (χ1v) is 10.5. The molecule has 0 saturated heterocycles. The van der Waals surface area contributed by atoms with Gasteiger partial charge in [-0.1, -0.05) is 12.1 Å². The molecular weight excluding hydrogens is 392 g/mol. The van der Waals surface area contributed by atoms with Gasteiger partial charge in [0.15, 0.2) is 0 Å². The minimum absolute atomic E-state index is 0.173. The highest BCUT2D eigenvalue weighted by Crippen LogP contribution is 2.39. The third-order valence-corrected chi connectivity index (χ3v) is 5.70. The lowest BCUT2D eigenvalue weighted by Gasteiger charge is -2.09. The Labute approximate surface area is 173 Å². The lowest BCUT2D eigenvalue weighted by Crippen LogP contribution is -2.32. The maximum atomic E-state index is 12.6. The minimum Gasteiger partial charge on any atom is -0.494 e. The Morgan fingerprint density at radius 2 is 1.83 bits per heavy atom. The molecule has 2 N–H and O–H groups in total. The van der Waals surface area contributed by atoms with Crippen molar-refractivity contribution < 1.29 is 23.9 Å². The van der Waals surface area contributed by atoms with Crippen molar-refractivity contribution >= 4 is 34.2 Å². The van der Waals surface area contributed by atoms with Gasteiger partial charge in [-0.15, -0.1) is 11.3 Å². The lowest BCUT2D eigenvalue weighted by atomic mass is 10.1. The molecule has 1 heterocycles. The number of aryl methyl sites for hydroxylation is 1. The summed E-state index contributed by atoms with van der Waals surface area (Å²) in [6.07, 6.45) is 1.97. The van der Waals surface area contributed by atoms with Crippen molar-refractivity contribution in [2.24, 2.45) is 0 Å². The molecule has 0 saturated carbocycles. The van der Waals surface area contributed by atoms with Crippen LogP contribution >= 0.6 is 11.3 Å². The number of thiophene rings is 1. The number of hydrogen-bond donors (Lipinski definition) is 2. The van der Waals surface area contributed by atoms with Crippen LogP contribution in [-0.2, 0) is 28.8 Å².